The molecule has 0 saturated carbocycles. The summed E-state index contributed by atoms with van der Waals surface area (Å²) in [5, 5.41) is 0. The van der Waals surface area contributed by atoms with Crippen molar-refractivity contribution in [2.24, 2.45) is 0 Å². The molecular weight excluding hydrogens is 274 g/mol. The number of rotatable bonds is 0. The Labute approximate surface area is 147 Å². The molecule has 0 aliphatic heterocycles. The fourth-order valence-corrected chi connectivity index (χ4v) is 0. The standard InChI is InChI=1S/H3N.3Na.H3O4P.H2O4S/c;;;;2*1-5(2,3)4/h1H3;;;;(H3,1,2,3,4);(H2,1,2,3,4)/q;3*+1;;/p-3. The predicted octanol–water partition coefficient (Wildman–Crippen LogP) is -11.7. The first-order valence-electron chi connectivity index (χ1n) is 1.43. The van der Waals surface area contributed by atoms with E-state index in [1.165, 1.54) is 0 Å². The predicted molar refractivity (Wildman–Crippen MR) is 27.5 cm³/mol. The van der Waals surface area contributed by atoms with Gasteiger partial charge in [-0.25, -0.2) is 0 Å². The minimum absolute atomic E-state index is 0. The van der Waals surface area contributed by atoms with Gasteiger partial charge in [0.05, 0.1) is 0 Å². The molecule has 0 spiro atoms. The monoisotopic (exact) mass is 279 g/mol. The molecule has 0 aromatic carbocycles. The van der Waals surface area contributed by atoms with Crippen LogP contribution in [0.15, 0.2) is 0 Å². The molecule has 0 heterocycles. The van der Waals surface area contributed by atoms with Gasteiger partial charge in [-0.1, -0.05) is 0 Å². The molecular formula is H5NNa3O8PS. The van der Waals surface area contributed by atoms with E-state index in [0.717, 1.165) is 0 Å². The molecule has 14 heteroatoms. The first kappa shape index (κ1) is 36.0. The molecule has 9 nitrogen and oxygen atoms in total. The third-order valence-corrected chi connectivity index (χ3v) is 0. The fourth-order valence-electron chi connectivity index (χ4n) is 0. The van der Waals surface area contributed by atoms with E-state index in [2.05, 4.69) is 0 Å². The molecule has 5 N–H and O–H groups in total. The Hall–Kier alpha value is 2.94. The average Bonchev–Trinajstić information content (AvgIpc) is 1.12. The van der Waals surface area contributed by atoms with Crippen LogP contribution in [0.25, 0.3) is 0 Å². The maximum atomic E-state index is 8.77. The maximum absolute atomic E-state index is 8.77. The van der Waals surface area contributed by atoms with Crippen molar-refractivity contribution in [3.05, 3.63) is 0 Å². The van der Waals surface area contributed by atoms with Crippen LogP contribution >= 0.6 is 7.82 Å². The van der Waals surface area contributed by atoms with Crippen molar-refractivity contribution in [2.45, 2.75) is 0 Å². The normalized spacial score (nSPS) is 8.36. The Balaban J connectivity index is -0.0000000178. The summed E-state index contributed by atoms with van der Waals surface area (Å²) in [7, 11) is -10.1. The van der Waals surface area contributed by atoms with Gasteiger partial charge in [-0.2, -0.15) is 0 Å². The summed E-state index contributed by atoms with van der Waals surface area (Å²) in [6.45, 7) is 0. The van der Waals surface area contributed by atoms with Gasteiger partial charge in [0.25, 0.3) is 7.82 Å². The van der Waals surface area contributed by atoms with E-state index in [4.69, 9.17) is 36.8 Å². The number of hydrogen-bond acceptors (Lipinski definition) is 7. The van der Waals surface area contributed by atoms with Crippen molar-refractivity contribution >= 4 is 18.2 Å². The molecule has 0 amide bonds. The van der Waals surface area contributed by atoms with Crippen LogP contribution in [0.2, 0.25) is 0 Å². The zero-order chi connectivity index (χ0) is 9.00. The second kappa shape index (κ2) is 15.9. The molecule has 0 atom stereocenters. The largest absolute Gasteiger partial charge is 1.00 e. The SMILES string of the molecule is N.O=P([O-])(O)O.O=S(=O)([O-])[O-].[Na+].[Na+].[Na+]. The molecule has 0 aromatic heterocycles. The van der Waals surface area contributed by atoms with Crippen LogP contribution in [0.4, 0.5) is 0 Å². The third kappa shape index (κ3) is 336. The van der Waals surface area contributed by atoms with E-state index in [-0.39, 0.29) is 94.8 Å². The Morgan fingerprint density at radius 2 is 1.00 bits per heavy atom. The van der Waals surface area contributed by atoms with E-state index in [9.17, 15) is 0 Å². The summed E-state index contributed by atoms with van der Waals surface area (Å²) in [6, 6.07) is 0. The van der Waals surface area contributed by atoms with Gasteiger partial charge in [-0.3, -0.25) is 13.0 Å². The van der Waals surface area contributed by atoms with Gasteiger partial charge in [-0.05, 0) is 0 Å². The van der Waals surface area contributed by atoms with Crippen molar-refractivity contribution in [2.75, 3.05) is 0 Å². The first-order chi connectivity index (χ1) is 4.00. The Morgan fingerprint density at radius 3 is 1.00 bits per heavy atom. The van der Waals surface area contributed by atoms with Crippen molar-refractivity contribution in [3.8, 4) is 0 Å². The molecule has 0 bridgehead atoms. The van der Waals surface area contributed by atoms with Crippen LogP contribution in [-0.4, -0.2) is 27.3 Å². The van der Waals surface area contributed by atoms with Gasteiger partial charge >= 0.3 is 88.7 Å². The molecule has 72 valence electrons. The van der Waals surface area contributed by atoms with Gasteiger partial charge in [0.15, 0.2) is 0 Å². The van der Waals surface area contributed by atoms with Crippen LogP contribution in [0, 0.1) is 0 Å². The van der Waals surface area contributed by atoms with Crippen molar-refractivity contribution < 1.29 is 125 Å². The van der Waals surface area contributed by atoms with Crippen LogP contribution in [0.3, 0.4) is 0 Å². The van der Waals surface area contributed by atoms with Gasteiger partial charge in [-0.15, -0.1) is 0 Å². The molecule has 0 unspecified atom stereocenters. The maximum Gasteiger partial charge on any atom is 1.00 e. The van der Waals surface area contributed by atoms with Crippen molar-refractivity contribution in [1.82, 2.24) is 6.15 Å². The Morgan fingerprint density at radius 1 is 1.00 bits per heavy atom. The van der Waals surface area contributed by atoms with E-state index in [1.54, 1.807) is 0 Å². The van der Waals surface area contributed by atoms with E-state index >= 15 is 0 Å². The number of phosphoric acid groups is 1. The summed E-state index contributed by atoms with van der Waals surface area (Å²) in [5.74, 6) is 0. The fraction of sp³-hybridized carbons (Fsp3) is 0. The zero-order valence-corrected chi connectivity index (χ0v) is 15.6. The van der Waals surface area contributed by atoms with E-state index < -0.39 is 18.2 Å². The van der Waals surface area contributed by atoms with Gasteiger partial charge in [0, 0.05) is 10.4 Å². The molecule has 0 aromatic rings. The Kier molecular flexibility index (Phi) is 40.9. The summed E-state index contributed by atoms with van der Waals surface area (Å²) in [4.78, 5) is 22.9. The molecule has 0 fully saturated rings. The molecule has 0 radical (unpaired) electrons. The molecule has 0 aliphatic rings. The quantitative estimate of drug-likeness (QED) is 0.167. The van der Waals surface area contributed by atoms with Gasteiger partial charge in [0.2, 0.25) is 0 Å². The van der Waals surface area contributed by atoms with Crippen LogP contribution in [0.5, 0.6) is 0 Å². The summed E-state index contributed by atoms with van der Waals surface area (Å²) < 4.78 is 42.9. The van der Waals surface area contributed by atoms with E-state index in [0.29, 0.717) is 0 Å². The zero-order valence-electron chi connectivity index (χ0n) is 7.91. The molecule has 0 rings (SSSR count). The molecule has 0 saturated heterocycles. The summed E-state index contributed by atoms with van der Waals surface area (Å²) >= 11 is 0. The van der Waals surface area contributed by atoms with Crippen molar-refractivity contribution in [1.29, 1.82) is 0 Å². The minimum Gasteiger partial charge on any atom is -0.759 e. The van der Waals surface area contributed by atoms with Gasteiger partial charge in [0.1, 0.15) is 0 Å². The van der Waals surface area contributed by atoms with Crippen LogP contribution < -0.4 is 99.7 Å². The third-order valence-electron chi connectivity index (χ3n) is 0. The Bertz CT molecular complexity index is 202. The van der Waals surface area contributed by atoms with Crippen molar-refractivity contribution in [3.63, 3.8) is 0 Å². The topological polar surface area (TPSA) is 196 Å². The second-order valence-electron chi connectivity index (χ2n) is 0.899. The van der Waals surface area contributed by atoms with Crippen LogP contribution in [0.1, 0.15) is 0 Å². The number of hydrogen-bond donors (Lipinski definition) is 3. The molecule has 0 aliphatic carbocycles. The van der Waals surface area contributed by atoms with Crippen LogP contribution in [-0.2, 0) is 15.0 Å². The minimum atomic E-state index is -5.17. The molecule has 14 heavy (non-hydrogen) atoms. The first-order valence-corrected chi connectivity index (χ1v) is 4.30. The average molecular weight is 279 g/mol. The summed E-state index contributed by atoms with van der Waals surface area (Å²) in [6.07, 6.45) is 0. The summed E-state index contributed by atoms with van der Waals surface area (Å²) in [5.41, 5.74) is 0. The smallest absolute Gasteiger partial charge is 0.759 e. The van der Waals surface area contributed by atoms with Gasteiger partial charge < -0.3 is 29.9 Å². The second-order valence-corrected chi connectivity index (χ2v) is 2.70. The van der Waals surface area contributed by atoms with E-state index in [1.807, 2.05) is 0 Å².